The predicted molar refractivity (Wildman–Crippen MR) is 69.5 cm³/mol. The van der Waals surface area contributed by atoms with Crippen molar-refractivity contribution in [3.8, 4) is 0 Å². The molecule has 2 N–H and O–H groups in total. The van der Waals surface area contributed by atoms with E-state index in [1.54, 1.807) is 0 Å². The number of unbranched alkanes of at least 4 members (excludes halogenated alkanes) is 5. The second kappa shape index (κ2) is 11.4. The maximum Gasteiger partial charge on any atom is 0.0565 e. The van der Waals surface area contributed by atoms with Crippen molar-refractivity contribution in [3.63, 3.8) is 0 Å². The van der Waals surface area contributed by atoms with Gasteiger partial charge in [0.1, 0.15) is 0 Å². The number of aliphatic hydroxyl groups excluding tert-OH is 2. The molecule has 0 saturated heterocycles. The Bertz CT molecular complexity index is 137. The summed E-state index contributed by atoms with van der Waals surface area (Å²) < 4.78 is 0. The van der Waals surface area contributed by atoms with E-state index in [1.165, 1.54) is 25.7 Å². The zero-order chi connectivity index (χ0) is 12.2. The monoisotopic (exact) mass is 230 g/mol. The smallest absolute Gasteiger partial charge is 0.0565 e. The minimum Gasteiger partial charge on any atom is -0.396 e. The van der Waals surface area contributed by atoms with Crippen molar-refractivity contribution in [2.75, 3.05) is 6.61 Å². The lowest BCUT2D eigenvalue weighted by Crippen LogP contribution is -2.17. The highest BCUT2D eigenvalue weighted by molar-refractivity contribution is 4.64. The molecule has 0 rings (SSSR count). The number of hydrogen-bond acceptors (Lipinski definition) is 2. The SMILES string of the molecule is CCCCC(O)C(C)CCCCCCCO. The van der Waals surface area contributed by atoms with E-state index in [0.29, 0.717) is 12.5 Å². The predicted octanol–water partition coefficient (Wildman–Crippen LogP) is 3.51. The van der Waals surface area contributed by atoms with Crippen LogP contribution < -0.4 is 0 Å². The van der Waals surface area contributed by atoms with Crippen molar-refractivity contribution in [2.24, 2.45) is 5.92 Å². The topological polar surface area (TPSA) is 40.5 Å². The van der Waals surface area contributed by atoms with Crippen molar-refractivity contribution in [1.29, 1.82) is 0 Å². The summed E-state index contributed by atoms with van der Waals surface area (Å²) in [7, 11) is 0. The molecule has 0 heterocycles. The first-order valence-corrected chi connectivity index (χ1v) is 7.01. The van der Waals surface area contributed by atoms with Crippen LogP contribution in [0.3, 0.4) is 0 Å². The van der Waals surface area contributed by atoms with Crippen molar-refractivity contribution in [3.05, 3.63) is 0 Å². The van der Waals surface area contributed by atoms with E-state index in [9.17, 15) is 5.11 Å². The lowest BCUT2D eigenvalue weighted by Gasteiger charge is -2.18. The molecule has 0 radical (unpaired) electrons. The molecule has 0 aliphatic carbocycles. The van der Waals surface area contributed by atoms with E-state index < -0.39 is 0 Å². The molecule has 0 spiro atoms. The summed E-state index contributed by atoms with van der Waals surface area (Å²) in [6.07, 6.45) is 10.1. The summed E-state index contributed by atoms with van der Waals surface area (Å²) in [5, 5.41) is 18.5. The quantitative estimate of drug-likeness (QED) is 0.533. The fourth-order valence-corrected chi connectivity index (χ4v) is 2.00. The van der Waals surface area contributed by atoms with E-state index in [4.69, 9.17) is 5.11 Å². The Hall–Kier alpha value is -0.0800. The minimum absolute atomic E-state index is 0.0996. The van der Waals surface area contributed by atoms with Gasteiger partial charge in [-0.3, -0.25) is 0 Å². The first-order valence-electron chi connectivity index (χ1n) is 7.01. The normalized spacial score (nSPS) is 15.0. The van der Waals surface area contributed by atoms with Gasteiger partial charge < -0.3 is 10.2 Å². The van der Waals surface area contributed by atoms with Crippen molar-refractivity contribution in [1.82, 2.24) is 0 Å². The molecule has 2 atom stereocenters. The maximum atomic E-state index is 9.86. The Morgan fingerprint density at radius 2 is 1.50 bits per heavy atom. The van der Waals surface area contributed by atoms with Gasteiger partial charge in [0.25, 0.3) is 0 Å². The molecular formula is C14H30O2. The molecule has 0 bridgehead atoms. The lowest BCUT2D eigenvalue weighted by atomic mass is 9.94. The van der Waals surface area contributed by atoms with E-state index in [-0.39, 0.29) is 6.10 Å². The maximum absolute atomic E-state index is 9.86. The van der Waals surface area contributed by atoms with Gasteiger partial charge in [-0.05, 0) is 25.2 Å². The summed E-state index contributed by atoms with van der Waals surface area (Å²) in [6, 6.07) is 0. The molecular weight excluding hydrogens is 200 g/mol. The molecule has 0 saturated carbocycles. The minimum atomic E-state index is -0.0996. The Morgan fingerprint density at radius 3 is 2.12 bits per heavy atom. The van der Waals surface area contributed by atoms with Gasteiger partial charge in [0.2, 0.25) is 0 Å². The van der Waals surface area contributed by atoms with Gasteiger partial charge in [-0.1, -0.05) is 52.4 Å². The number of rotatable bonds is 11. The molecule has 0 aromatic carbocycles. The van der Waals surface area contributed by atoms with Gasteiger partial charge in [0, 0.05) is 6.61 Å². The lowest BCUT2D eigenvalue weighted by molar-refractivity contribution is 0.0991. The third-order valence-electron chi connectivity index (χ3n) is 3.33. The molecule has 2 unspecified atom stereocenters. The van der Waals surface area contributed by atoms with Crippen molar-refractivity contribution < 1.29 is 10.2 Å². The van der Waals surface area contributed by atoms with Crippen LogP contribution in [0.1, 0.15) is 71.6 Å². The van der Waals surface area contributed by atoms with E-state index in [0.717, 1.165) is 32.1 Å². The number of aliphatic hydroxyl groups is 2. The molecule has 0 aromatic rings. The Balaban J connectivity index is 3.31. The molecule has 0 aliphatic rings. The van der Waals surface area contributed by atoms with Crippen LogP contribution in [-0.4, -0.2) is 22.9 Å². The molecule has 0 amide bonds. The van der Waals surface area contributed by atoms with E-state index >= 15 is 0 Å². The van der Waals surface area contributed by atoms with Crippen LogP contribution in [0.25, 0.3) is 0 Å². The fourth-order valence-electron chi connectivity index (χ4n) is 2.00. The number of hydrogen-bond donors (Lipinski definition) is 2. The highest BCUT2D eigenvalue weighted by Crippen LogP contribution is 2.18. The van der Waals surface area contributed by atoms with Crippen LogP contribution in [0.15, 0.2) is 0 Å². The van der Waals surface area contributed by atoms with Crippen LogP contribution in [-0.2, 0) is 0 Å². The first kappa shape index (κ1) is 15.9. The average Bonchev–Trinajstić information content (AvgIpc) is 2.30. The average molecular weight is 230 g/mol. The molecule has 98 valence electrons. The first-order chi connectivity index (χ1) is 7.72. The molecule has 0 aromatic heterocycles. The third kappa shape index (κ3) is 9.17. The second-order valence-corrected chi connectivity index (χ2v) is 4.97. The van der Waals surface area contributed by atoms with Crippen LogP contribution in [0.5, 0.6) is 0 Å². The van der Waals surface area contributed by atoms with Gasteiger partial charge in [-0.2, -0.15) is 0 Å². The Kier molecular flexibility index (Phi) is 11.3. The Labute approximate surface area is 101 Å². The highest BCUT2D eigenvalue weighted by Gasteiger charge is 2.12. The van der Waals surface area contributed by atoms with Gasteiger partial charge in [0.05, 0.1) is 6.10 Å². The summed E-state index contributed by atoms with van der Waals surface area (Å²) in [6.45, 7) is 4.65. The molecule has 0 aliphatic heterocycles. The molecule has 2 heteroatoms. The summed E-state index contributed by atoms with van der Waals surface area (Å²) >= 11 is 0. The van der Waals surface area contributed by atoms with Crippen LogP contribution in [0, 0.1) is 5.92 Å². The highest BCUT2D eigenvalue weighted by atomic mass is 16.3. The van der Waals surface area contributed by atoms with Crippen molar-refractivity contribution in [2.45, 2.75) is 77.7 Å². The standard InChI is InChI=1S/C14H30O2/c1-3-4-11-14(16)13(2)10-8-6-5-7-9-12-15/h13-16H,3-12H2,1-2H3. The van der Waals surface area contributed by atoms with Crippen LogP contribution in [0.4, 0.5) is 0 Å². The van der Waals surface area contributed by atoms with Gasteiger partial charge >= 0.3 is 0 Å². The molecule has 0 fully saturated rings. The van der Waals surface area contributed by atoms with Crippen LogP contribution >= 0.6 is 0 Å². The second-order valence-electron chi connectivity index (χ2n) is 4.97. The van der Waals surface area contributed by atoms with E-state index in [2.05, 4.69) is 13.8 Å². The third-order valence-corrected chi connectivity index (χ3v) is 3.33. The molecule has 16 heavy (non-hydrogen) atoms. The molecule has 2 nitrogen and oxygen atoms in total. The van der Waals surface area contributed by atoms with Gasteiger partial charge in [-0.25, -0.2) is 0 Å². The van der Waals surface area contributed by atoms with Gasteiger partial charge in [-0.15, -0.1) is 0 Å². The van der Waals surface area contributed by atoms with Crippen LogP contribution in [0.2, 0.25) is 0 Å². The Morgan fingerprint density at radius 1 is 0.875 bits per heavy atom. The summed E-state index contributed by atoms with van der Waals surface area (Å²) in [4.78, 5) is 0. The zero-order valence-electron chi connectivity index (χ0n) is 11.1. The van der Waals surface area contributed by atoms with Gasteiger partial charge in [0.15, 0.2) is 0 Å². The fraction of sp³-hybridized carbons (Fsp3) is 1.00. The van der Waals surface area contributed by atoms with E-state index in [1.807, 2.05) is 0 Å². The largest absolute Gasteiger partial charge is 0.396 e. The summed E-state index contributed by atoms with van der Waals surface area (Å²) in [5.74, 6) is 0.449. The van der Waals surface area contributed by atoms with Crippen molar-refractivity contribution >= 4 is 0 Å². The summed E-state index contributed by atoms with van der Waals surface area (Å²) in [5.41, 5.74) is 0. The zero-order valence-corrected chi connectivity index (χ0v) is 11.1.